The molecule has 7 heteroatoms. The fourth-order valence-corrected chi connectivity index (χ4v) is 2.95. The number of carboxylic acid groups (broad SMARTS) is 1. The SMILES string of the molecule is C[C@H]1C[C@@H](C(=O)Nc2ccc(C(=O)Nc3ccccc3)cc2)O[C@@H]1C(=O)O. The van der Waals surface area contributed by atoms with Crippen molar-refractivity contribution in [1.29, 1.82) is 0 Å². The van der Waals surface area contributed by atoms with Gasteiger partial charge in [0.15, 0.2) is 6.10 Å². The molecule has 27 heavy (non-hydrogen) atoms. The van der Waals surface area contributed by atoms with Crippen LogP contribution in [0.2, 0.25) is 0 Å². The average Bonchev–Trinajstić information content (AvgIpc) is 3.05. The van der Waals surface area contributed by atoms with Crippen LogP contribution in [0, 0.1) is 5.92 Å². The van der Waals surface area contributed by atoms with E-state index in [4.69, 9.17) is 9.84 Å². The molecule has 0 aromatic heterocycles. The molecule has 2 aromatic carbocycles. The number of amides is 2. The number of nitrogens with one attached hydrogen (secondary N) is 2. The van der Waals surface area contributed by atoms with Gasteiger partial charge in [0.05, 0.1) is 0 Å². The van der Waals surface area contributed by atoms with Crippen molar-refractivity contribution in [2.45, 2.75) is 25.6 Å². The van der Waals surface area contributed by atoms with Crippen LogP contribution in [0.15, 0.2) is 54.6 Å². The molecular weight excluding hydrogens is 348 g/mol. The molecule has 0 spiro atoms. The molecule has 0 saturated carbocycles. The van der Waals surface area contributed by atoms with E-state index >= 15 is 0 Å². The number of rotatable bonds is 5. The number of hydrogen-bond acceptors (Lipinski definition) is 4. The number of aliphatic carboxylic acids is 1. The number of carbonyl (C=O) groups excluding carboxylic acids is 2. The molecule has 0 bridgehead atoms. The Morgan fingerprint density at radius 3 is 2.19 bits per heavy atom. The lowest BCUT2D eigenvalue weighted by atomic mass is 10.0. The number of para-hydroxylation sites is 1. The van der Waals surface area contributed by atoms with E-state index in [1.807, 2.05) is 18.2 Å². The highest BCUT2D eigenvalue weighted by molar-refractivity contribution is 6.04. The van der Waals surface area contributed by atoms with Gasteiger partial charge in [-0.2, -0.15) is 0 Å². The van der Waals surface area contributed by atoms with E-state index in [9.17, 15) is 14.4 Å². The molecule has 1 heterocycles. The van der Waals surface area contributed by atoms with Gasteiger partial charge < -0.3 is 20.5 Å². The van der Waals surface area contributed by atoms with E-state index in [2.05, 4.69) is 10.6 Å². The lowest BCUT2D eigenvalue weighted by molar-refractivity contribution is -0.152. The molecule has 0 radical (unpaired) electrons. The first-order valence-electron chi connectivity index (χ1n) is 8.59. The largest absolute Gasteiger partial charge is 0.479 e. The quantitative estimate of drug-likeness (QED) is 0.753. The van der Waals surface area contributed by atoms with Gasteiger partial charge in [-0.3, -0.25) is 9.59 Å². The smallest absolute Gasteiger partial charge is 0.333 e. The van der Waals surface area contributed by atoms with Gasteiger partial charge in [0.2, 0.25) is 0 Å². The van der Waals surface area contributed by atoms with E-state index in [1.165, 1.54) is 0 Å². The predicted octanol–water partition coefficient (Wildman–Crippen LogP) is 2.76. The highest BCUT2D eigenvalue weighted by Crippen LogP contribution is 2.27. The molecule has 3 N–H and O–H groups in total. The third-order valence-electron chi connectivity index (χ3n) is 4.40. The molecular formula is C20H20N2O5. The van der Waals surface area contributed by atoms with Crippen LogP contribution in [-0.4, -0.2) is 35.1 Å². The molecule has 0 aliphatic carbocycles. The van der Waals surface area contributed by atoms with Crippen molar-refractivity contribution in [3.63, 3.8) is 0 Å². The van der Waals surface area contributed by atoms with Crippen LogP contribution in [0.4, 0.5) is 11.4 Å². The van der Waals surface area contributed by atoms with Crippen molar-refractivity contribution in [2.75, 3.05) is 10.6 Å². The van der Waals surface area contributed by atoms with Crippen LogP contribution in [0.1, 0.15) is 23.7 Å². The molecule has 1 fully saturated rings. The maximum absolute atomic E-state index is 12.3. The van der Waals surface area contributed by atoms with E-state index in [-0.39, 0.29) is 11.8 Å². The second kappa shape index (κ2) is 8.01. The van der Waals surface area contributed by atoms with Gasteiger partial charge in [0, 0.05) is 16.9 Å². The second-order valence-electron chi connectivity index (χ2n) is 6.48. The Morgan fingerprint density at radius 2 is 1.59 bits per heavy atom. The number of ether oxygens (including phenoxy) is 1. The predicted molar refractivity (Wildman–Crippen MR) is 99.5 cm³/mol. The van der Waals surface area contributed by atoms with Gasteiger partial charge in [0.25, 0.3) is 11.8 Å². The Morgan fingerprint density at radius 1 is 0.963 bits per heavy atom. The maximum atomic E-state index is 12.3. The van der Waals surface area contributed by atoms with Crippen molar-refractivity contribution in [2.24, 2.45) is 5.92 Å². The molecule has 2 amide bonds. The first-order valence-corrected chi connectivity index (χ1v) is 8.59. The summed E-state index contributed by atoms with van der Waals surface area (Å²) >= 11 is 0. The number of hydrogen-bond donors (Lipinski definition) is 3. The fraction of sp³-hybridized carbons (Fsp3) is 0.250. The Labute approximate surface area is 156 Å². The van der Waals surface area contributed by atoms with Crippen molar-refractivity contribution < 1.29 is 24.2 Å². The summed E-state index contributed by atoms with van der Waals surface area (Å²) in [6.07, 6.45) is -1.42. The summed E-state index contributed by atoms with van der Waals surface area (Å²) < 4.78 is 5.32. The summed E-state index contributed by atoms with van der Waals surface area (Å²) in [7, 11) is 0. The first-order chi connectivity index (χ1) is 12.9. The lowest BCUT2D eigenvalue weighted by Crippen LogP contribution is -2.30. The van der Waals surface area contributed by atoms with Crippen molar-refractivity contribution in [3.05, 3.63) is 60.2 Å². The van der Waals surface area contributed by atoms with Gasteiger partial charge in [0.1, 0.15) is 6.10 Å². The summed E-state index contributed by atoms with van der Waals surface area (Å²) in [5, 5.41) is 14.5. The summed E-state index contributed by atoms with van der Waals surface area (Å²) in [5.41, 5.74) is 1.65. The van der Waals surface area contributed by atoms with Crippen LogP contribution in [0.25, 0.3) is 0 Å². The second-order valence-corrected chi connectivity index (χ2v) is 6.48. The average molecular weight is 368 g/mol. The molecule has 0 unspecified atom stereocenters. The summed E-state index contributed by atoms with van der Waals surface area (Å²) in [5.74, 6) is -1.95. The number of carboxylic acids is 1. The highest BCUT2D eigenvalue weighted by atomic mass is 16.5. The minimum Gasteiger partial charge on any atom is -0.479 e. The number of anilines is 2. The third-order valence-corrected chi connectivity index (χ3v) is 4.40. The maximum Gasteiger partial charge on any atom is 0.333 e. The Bertz CT molecular complexity index is 835. The number of benzene rings is 2. The fourth-order valence-electron chi connectivity index (χ4n) is 2.95. The van der Waals surface area contributed by atoms with Crippen LogP contribution in [0.5, 0.6) is 0 Å². The van der Waals surface area contributed by atoms with Crippen LogP contribution < -0.4 is 10.6 Å². The lowest BCUT2D eigenvalue weighted by Gasteiger charge is -2.12. The molecule has 1 saturated heterocycles. The van der Waals surface area contributed by atoms with Gasteiger partial charge in [-0.25, -0.2) is 4.79 Å². The van der Waals surface area contributed by atoms with Gasteiger partial charge >= 0.3 is 5.97 Å². The Balaban J connectivity index is 1.58. The summed E-state index contributed by atoms with van der Waals surface area (Å²) in [6, 6.07) is 15.5. The van der Waals surface area contributed by atoms with E-state index in [0.29, 0.717) is 23.4 Å². The molecule has 3 rings (SSSR count). The number of carbonyl (C=O) groups is 3. The molecule has 2 aromatic rings. The molecule has 1 aliphatic heterocycles. The minimum absolute atomic E-state index is 0.234. The first kappa shape index (κ1) is 18.6. The van der Waals surface area contributed by atoms with Crippen LogP contribution >= 0.6 is 0 Å². The molecule has 140 valence electrons. The van der Waals surface area contributed by atoms with Gasteiger partial charge in [-0.15, -0.1) is 0 Å². The summed E-state index contributed by atoms with van der Waals surface area (Å²) in [4.78, 5) is 35.6. The van der Waals surface area contributed by atoms with Crippen molar-refractivity contribution in [1.82, 2.24) is 0 Å². The zero-order chi connectivity index (χ0) is 19.4. The van der Waals surface area contributed by atoms with E-state index in [1.54, 1.807) is 43.3 Å². The van der Waals surface area contributed by atoms with Gasteiger partial charge in [-0.05, 0) is 48.7 Å². The normalized spacial score (nSPS) is 21.4. The molecule has 1 aliphatic rings. The molecule has 7 nitrogen and oxygen atoms in total. The Kier molecular flexibility index (Phi) is 5.52. The standard InChI is InChI=1S/C20H20N2O5/c1-12-11-16(27-17(12)20(25)26)19(24)22-15-9-7-13(8-10-15)18(23)21-14-5-3-2-4-6-14/h2-10,12,16-17H,11H2,1H3,(H,21,23)(H,22,24)(H,25,26)/t12-,16-,17-/m0/s1. The zero-order valence-corrected chi connectivity index (χ0v) is 14.7. The van der Waals surface area contributed by atoms with Crippen LogP contribution in [0.3, 0.4) is 0 Å². The van der Waals surface area contributed by atoms with Gasteiger partial charge in [-0.1, -0.05) is 25.1 Å². The third kappa shape index (κ3) is 4.51. The Hall–Kier alpha value is -3.19. The zero-order valence-electron chi connectivity index (χ0n) is 14.7. The van der Waals surface area contributed by atoms with Crippen LogP contribution in [-0.2, 0) is 14.3 Å². The van der Waals surface area contributed by atoms with Crippen molar-refractivity contribution >= 4 is 29.2 Å². The monoisotopic (exact) mass is 368 g/mol. The topological polar surface area (TPSA) is 105 Å². The minimum atomic E-state index is -1.06. The van der Waals surface area contributed by atoms with E-state index < -0.39 is 24.1 Å². The highest BCUT2D eigenvalue weighted by Gasteiger charge is 2.40. The van der Waals surface area contributed by atoms with E-state index in [0.717, 1.165) is 0 Å². The summed E-state index contributed by atoms with van der Waals surface area (Å²) in [6.45, 7) is 1.74. The molecule has 3 atom stereocenters. The van der Waals surface area contributed by atoms with Crippen molar-refractivity contribution in [3.8, 4) is 0 Å².